The van der Waals surface area contributed by atoms with Crippen molar-refractivity contribution in [3.05, 3.63) is 35.9 Å². The zero-order valence-electron chi connectivity index (χ0n) is 38.3. The molecular formula is C46H76N4O8. The fourth-order valence-electron chi connectivity index (χ4n) is 8.65. The molecule has 58 heavy (non-hydrogen) atoms. The summed E-state index contributed by atoms with van der Waals surface area (Å²) in [5.41, 5.74) is 0.271. The number of Topliss-reactive ketones (excluding diaryl/α,β-unsaturated/α-hetero) is 2. The van der Waals surface area contributed by atoms with Crippen molar-refractivity contribution >= 4 is 35.2 Å². The molecule has 9 atom stereocenters. The van der Waals surface area contributed by atoms with E-state index >= 15 is 0 Å². The van der Waals surface area contributed by atoms with E-state index in [1.807, 2.05) is 92.6 Å². The zero-order valence-corrected chi connectivity index (χ0v) is 38.3. The maximum Gasteiger partial charge on any atom is 0.228 e. The lowest BCUT2D eigenvalue weighted by Crippen LogP contribution is -2.55. The van der Waals surface area contributed by atoms with Crippen LogP contribution in [0.4, 0.5) is 0 Å². The van der Waals surface area contributed by atoms with E-state index in [2.05, 4.69) is 5.32 Å². The number of hydrogen-bond donors (Lipinski definition) is 1. The molecule has 12 heteroatoms. The van der Waals surface area contributed by atoms with Crippen LogP contribution in [-0.4, -0.2) is 121 Å². The molecule has 0 saturated carbocycles. The number of likely N-dealkylation sites (N-methyl/N-ethyl adjacent to an activating group) is 2. The van der Waals surface area contributed by atoms with Crippen LogP contribution in [0.25, 0.3) is 0 Å². The van der Waals surface area contributed by atoms with Crippen molar-refractivity contribution in [2.24, 2.45) is 35.0 Å². The van der Waals surface area contributed by atoms with Gasteiger partial charge in [-0.1, -0.05) is 106 Å². The number of ketones is 2. The highest BCUT2D eigenvalue weighted by Gasteiger charge is 2.44. The van der Waals surface area contributed by atoms with E-state index in [0.717, 1.165) is 12.0 Å². The van der Waals surface area contributed by atoms with Crippen molar-refractivity contribution < 1.29 is 38.2 Å². The molecule has 1 aliphatic heterocycles. The number of carbonyl (C=O) groups excluding carboxylic acids is 6. The molecule has 328 valence electrons. The largest absolute Gasteiger partial charge is 0.379 e. The Morgan fingerprint density at radius 3 is 1.97 bits per heavy atom. The fraction of sp³-hybridized carbons (Fsp3) is 0.739. The lowest BCUT2D eigenvalue weighted by molar-refractivity contribution is -0.150. The first-order chi connectivity index (χ1) is 27.0. The monoisotopic (exact) mass is 813 g/mol. The predicted octanol–water partition coefficient (Wildman–Crippen LogP) is 5.98. The van der Waals surface area contributed by atoms with Gasteiger partial charge in [0.1, 0.15) is 0 Å². The summed E-state index contributed by atoms with van der Waals surface area (Å²) in [5, 5.41) is 2.93. The van der Waals surface area contributed by atoms with Crippen LogP contribution in [0.2, 0.25) is 0 Å². The molecule has 0 radical (unpaired) electrons. The van der Waals surface area contributed by atoms with Crippen LogP contribution < -0.4 is 5.32 Å². The van der Waals surface area contributed by atoms with Gasteiger partial charge in [0, 0.05) is 52.6 Å². The third kappa shape index (κ3) is 13.2. The molecule has 1 fully saturated rings. The van der Waals surface area contributed by atoms with Crippen molar-refractivity contribution in [1.29, 1.82) is 0 Å². The summed E-state index contributed by atoms with van der Waals surface area (Å²) in [6.45, 7) is 21.0. The van der Waals surface area contributed by atoms with Gasteiger partial charge in [0.05, 0.1) is 48.7 Å². The average Bonchev–Trinajstić information content (AvgIpc) is 3.65. The number of amides is 4. The summed E-state index contributed by atoms with van der Waals surface area (Å²) in [6, 6.07) is 7.30. The highest BCUT2D eigenvalue weighted by atomic mass is 16.5. The summed E-state index contributed by atoms with van der Waals surface area (Å²) >= 11 is 0. The highest BCUT2D eigenvalue weighted by Crippen LogP contribution is 2.31. The van der Waals surface area contributed by atoms with Gasteiger partial charge in [-0.25, -0.2) is 0 Å². The van der Waals surface area contributed by atoms with Crippen molar-refractivity contribution in [2.45, 2.75) is 151 Å². The van der Waals surface area contributed by atoms with Crippen LogP contribution in [0.15, 0.2) is 30.3 Å². The quantitative estimate of drug-likeness (QED) is 0.151. The minimum absolute atomic E-state index is 0.000529. The molecule has 0 spiro atoms. The minimum atomic E-state index is -0.695. The van der Waals surface area contributed by atoms with Gasteiger partial charge < -0.3 is 29.5 Å². The molecule has 1 heterocycles. The third-order valence-corrected chi connectivity index (χ3v) is 12.2. The smallest absolute Gasteiger partial charge is 0.228 e. The van der Waals surface area contributed by atoms with Gasteiger partial charge in [0.2, 0.25) is 23.6 Å². The maximum absolute atomic E-state index is 14.5. The Hall–Kier alpha value is -3.64. The number of likely N-dealkylation sites (tertiary alicyclic amines) is 1. The number of benzene rings is 1. The van der Waals surface area contributed by atoms with Gasteiger partial charge in [-0.2, -0.15) is 0 Å². The molecule has 1 saturated heterocycles. The average molecular weight is 813 g/mol. The van der Waals surface area contributed by atoms with E-state index in [9.17, 15) is 28.8 Å². The summed E-state index contributed by atoms with van der Waals surface area (Å²) < 4.78 is 12.0. The molecule has 1 unspecified atom stereocenters. The van der Waals surface area contributed by atoms with E-state index in [1.165, 1.54) is 11.8 Å². The Balaban J connectivity index is 2.31. The minimum Gasteiger partial charge on any atom is -0.379 e. The van der Waals surface area contributed by atoms with Crippen LogP contribution in [-0.2, 0) is 44.7 Å². The Morgan fingerprint density at radius 1 is 0.879 bits per heavy atom. The van der Waals surface area contributed by atoms with Gasteiger partial charge in [-0.05, 0) is 49.5 Å². The Labute approximate surface area is 349 Å². The lowest BCUT2D eigenvalue weighted by atomic mass is 9.83. The zero-order chi connectivity index (χ0) is 44.2. The Bertz CT molecular complexity index is 1520. The van der Waals surface area contributed by atoms with Crippen molar-refractivity contribution in [1.82, 2.24) is 20.0 Å². The van der Waals surface area contributed by atoms with Gasteiger partial charge in [0.15, 0.2) is 11.6 Å². The second-order valence-electron chi connectivity index (χ2n) is 18.3. The normalized spacial score (nSPS) is 18.8. The van der Waals surface area contributed by atoms with Crippen LogP contribution in [0.1, 0.15) is 114 Å². The van der Waals surface area contributed by atoms with Crippen molar-refractivity contribution in [2.75, 3.05) is 34.9 Å². The number of nitrogens with zero attached hydrogens (tertiary/aromatic N) is 3. The molecule has 1 aromatic rings. The molecule has 0 bridgehead atoms. The van der Waals surface area contributed by atoms with Gasteiger partial charge in [0.25, 0.3) is 0 Å². The molecule has 4 amide bonds. The molecule has 1 N–H and O–H groups in total. The fourth-order valence-corrected chi connectivity index (χ4v) is 8.65. The SMILES string of the molecule is CC[C@H](C)[C@@H]([C@@H](CC(=O)N1CCC[C@H]1[C@H](OC)[C@@H](C)C(=O)N[C@@H](Cc1ccccc1)C(C)=O)OC)N(C)C(=O)[C@@H](CC(=O)C(C(C)C)N(C)C(=O)C(C)(C)C)C(C)C. The molecule has 12 nitrogen and oxygen atoms in total. The topological polar surface area (TPSA) is 143 Å². The number of ether oxygens (including phenoxy) is 2. The standard InChI is InChI=1S/C46H76N4O8/c1-16-30(6)41(48(12)44(55)34(28(2)3)26-37(52)40(29(4)5)49(13)45(56)46(9,10)11)38(57-14)27-39(53)50-24-20-23-36(50)42(58-15)31(7)43(54)47-35(32(8)51)25-33-21-18-17-19-22-33/h17-19,21-22,28-31,34-36,38,40-42H,16,20,23-27H2,1-15H3,(H,47,54)/t30-,31+,34-,35-,36-,38+,40?,41-,42+/m0/s1. The van der Waals surface area contributed by atoms with E-state index < -0.39 is 47.6 Å². The van der Waals surface area contributed by atoms with Crippen molar-refractivity contribution in [3.63, 3.8) is 0 Å². The van der Waals surface area contributed by atoms with Crippen LogP contribution in [0.5, 0.6) is 0 Å². The second-order valence-corrected chi connectivity index (χ2v) is 18.3. The van der Waals surface area contributed by atoms with E-state index in [-0.39, 0.29) is 71.8 Å². The first kappa shape index (κ1) is 50.5. The Morgan fingerprint density at radius 2 is 1.48 bits per heavy atom. The molecule has 0 aliphatic carbocycles. The Kier molecular flexibility index (Phi) is 19.7. The van der Waals surface area contributed by atoms with E-state index in [4.69, 9.17) is 9.47 Å². The number of rotatable bonds is 22. The molecule has 1 aromatic carbocycles. The van der Waals surface area contributed by atoms with E-state index in [0.29, 0.717) is 25.8 Å². The molecular weight excluding hydrogens is 737 g/mol. The first-order valence-electron chi connectivity index (χ1n) is 21.3. The second kappa shape index (κ2) is 22.7. The summed E-state index contributed by atoms with van der Waals surface area (Å²) in [5.74, 6) is -2.80. The molecule has 1 aliphatic rings. The van der Waals surface area contributed by atoms with Crippen LogP contribution >= 0.6 is 0 Å². The number of hydrogen-bond acceptors (Lipinski definition) is 8. The summed E-state index contributed by atoms with van der Waals surface area (Å²) in [4.78, 5) is 87.3. The lowest BCUT2D eigenvalue weighted by Gasteiger charge is -2.41. The van der Waals surface area contributed by atoms with Gasteiger partial charge in [-0.15, -0.1) is 0 Å². The van der Waals surface area contributed by atoms with Crippen molar-refractivity contribution in [3.8, 4) is 0 Å². The predicted molar refractivity (Wildman–Crippen MR) is 228 cm³/mol. The highest BCUT2D eigenvalue weighted by molar-refractivity contribution is 5.94. The first-order valence-corrected chi connectivity index (χ1v) is 21.3. The van der Waals surface area contributed by atoms with Crippen LogP contribution in [0, 0.1) is 35.0 Å². The molecule has 0 aromatic heterocycles. The van der Waals surface area contributed by atoms with Crippen LogP contribution in [0.3, 0.4) is 0 Å². The maximum atomic E-state index is 14.5. The number of carbonyl (C=O) groups is 6. The number of methoxy groups -OCH3 is 2. The van der Waals surface area contributed by atoms with E-state index in [1.54, 1.807) is 45.0 Å². The van der Waals surface area contributed by atoms with Gasteiger partial charge in [-0.3, -0.25) is 28.8 Å². The summed E-state index contributed by atoms with van der Waals surface area (Å²) in [7, 11) is 6.49. The van der Waals surface area contributed by atoms with Gasteiger partial charge >= 0.3 is 0 Å². The number of nitrogens with one attached hydrogen (secondary N) is 1. The summed E-state index contributed by atoms with van der Waals surface area (Å²) in [6.07, 6.45) is 1.17. The molecule has 2 rings (SSSR count). The third-order valence-electron chi connectivity index (χ3n) is 12.2.